The number of aryl methyl sites for hydroxylation is 1. The van der Waals surface area contributed by atoms with E-state index in [0.717, 1.165) is 15.6 Å². The van der Waals surface area contributed by atoms with E-state index in [1.54, 1.807) is 0 Å². The van der Waals surface area contributed by atoms with Crippen molar-refractivity contribution in [3.05, 3.63) is 34.1 Å². The lowest BCUT2D eigenvalue weighted by Crippen LogP contribution is -1.97. The van der Waals surface area contributed by atoms with Crippen molar-refractivity contribution in [3.8, 4) is 11.5 Å². The summed E-state index contributed by atoms with van der Waals surface area (Å²) in [6.45, 7) is 2.28. The zero-order valence-corrected chi connectivity index (χ0v) is 9.78. The second-order valence-electron chi connectivity index (χ2n) is 3.18. The van der Waals surface area contributed by atoms with Crippen LogP contribution in [0.1, 0.15) is 11.4 Å². The summed E-state index contributed by atoms with van der Waals surface area (Å²) >= 11 is 3.40. The molecule has 2 rings (SSSR count). The van der Waals surface area contributed by atoms with Crippen LogP contribution in [0.15, 0.2) is 27.2 Å². The van der Waals surface area contributed by atoms with Crippen molar-refractivity contribution in [2.45, 2.75) is 13.5 Å². The van der Waals surface area contributed by atoms with Crippen LogP contribution in [-0.4, -0.2) is 10.1 Å². The quantitative estimate of drug-likeness (QED) is 0.907. The maximum absolute atomic E-state index is 5.41. The molecule has 0 aliphatic carbocycles. The van der Waals surface area contributed by atoms with Gasteiger partial charge in [-0.3, -0.25) is 0 Å². The van der Waals surface area contributed by atoms with Gasteiger partial charge >= 0.3 is 0 Å². The van der Waals surface area contributed by atoms with Crippen LogP contribution in [-0.2, 0) is 6.54 Å². The van der Waals surface area contributed by atoms with E-state index in [-0.39, 0.29) is 6.54 Å². The predicted molar refractivity (Wildman–Crippen MR) is 60.1 cm³/mol. The van der Waals surface area contributed by atoms with E-state index in [2.05, 4.69) is 26.1 Å². The number of hydrogen-bond acceptors (Lipinski definition) is 4. The summed E-state index contributed by atoms with van der Waals surface area (Å²) in [6.07, 6.45) is 0. The van der Waals surface area contributed by atoms with Gasteiger partial charge in [-0.05, 0) is 24.6 Å². The van der Waals surface area contributed by atoms with E-state index >= 15 is 0 Å². The van der Waals surface area contributed by atoms with Crippen molar-refractivity contribution in [2.75, 3.05) is 0 Å². The zero-order valence-electron chi connectivity index (χ0n) is 8.20. The van der Waals surface area contributed by atoms with Crippen molar-refractivity contribution in [2.24, 2.45) is 5.73 Å². The van der Waals surface area contributed by atoms with Gasteiger partial charge in [0.25, 0.3) is 5.89 Å². The summed E-state index contributed by atoms with van der Waals surface area (Å²) in [5, 5.41) is 3.76. The highest BCUT2D eigenvalue weighted by atomic mass is 79.9. The Labute approximate surface area is 95.6 Å². The number of nitrogens with zero attached hydrogens (tertiary/aromatic N) is 2. The molecule has 0 aliphatic heterocycles. The summed E-state index contributed by atoms with van der Waals surface area (Å²) in [6, 6.07) is 5.91. The van der Waals surface area contributed by atoms with Gasteiger partial charge in [0.2, 0.25) is 0 Å². The maximum atomic E-state index is 5.41. The third-order valence-electron chi connectivity index (χ3n) is 2.08. The van der Waals surface area contributed by atoms with Crippen LogP contribution in [0.5, 0.6) is 0 Å². The molecule has 0 saturated heterocycles. The zero-order chi connectivity index (χ0) is 10.8. The Kier molecular flexibility index (Phi) is 2.83. The third kappa shape index (κ3) is 2.08. The Morgan fingerprint density at radius 3 is 2.93 bits per heavy atom. The fourth-order valence-electron chi connectivity index (χ4n) is 1.27. The summed E-state index contributed by atoms with van der Waals surface area (Å²) in [4.78, 5) is 4.18. The molecule has 0 atom stereocenters. The van der Waals surface area contributed by atoms with Crippen LogP contribution in [0.4, 0.5) is 0 Å². The first kappa shape index (κ1) is 10.3. The Balaban J connectivity index is 2.48. The van der Waals surface area contributed by atoms with Crippen LogP contribution >= 0.6 is 15.9 Å². The molecular weight excluding hydrogens is 258 g/mol. The van der Waals surface area contributed by atoms with Crippen molar-refractivity contribution in [3.63, 3.8) is 0 Å². The lowest BCUT2D eigenvalue weighted by molar-refractivity contribution is 0.422. The molecule has 1 aromatic heterocycles. The van der Waals surface area contributed by atoms with Crippen LogP contribution in [0.2, 0.25) is 0 Å². The van der Waals surface area contributed by atoms with Crippen molar-refractivity contribution in [1.82, 2.24) is 10.1 Å². The third-order valence-corrected chi connectivity index (χ3v) is 2.57. The second kappa shape index (κ2) is 4.12. The largest absolute Gasteiger partial charge is 0.334 e. The van der Waals surface area contributed by atoms with Gasteiger partial charge in [-0.25, -0.2) is 0 Å². The molecule has 0 radical (unpaired) electrons. The molecule has 0 fully saturated rings. The minimum absolute atomic E-state index is 0.288. The first-order chi connectivity index (χ1) is 7.20. The molecule has 0 aliphatic rings. The number of halogens is 1. The maximum Gasteiger partial charge on any atom is 0.258 e. The first-order valence-corrected chi connectivity index (χ1v) is 5.29. The molecule has 0 amide bonds. The molecule has 5 heteroatoms. The first-order valence-electron chi connectivity index (χ1n) is 4.50. The van der Waals surface area contributed by atoms with E-state index in [1.807, 2.05) is 25.1 Å². The molecule has 2 aromatic rings. The molecule has 0 saturated carbocycles. The van der Waals surface area contributed by atoms with Crippen LogP contribution in [0, 0.1) is 6.92 Å². The van der Waals surface area contributed by atoms with E-state index in [1.165, 1.54) is 0 Å². The van der Waals surface area contributed by atoms with Crippen LogP contribution in [0.3, 0.4) is 0 Å². The van der Waals surface area contributed by atoms with Gasteiger partial charge in [0.1, 0.15) is 0 Å². The standard InChI is InChI=1S/C10H10BrN3O/c1-6-2-3-7(11)4-8(6)10-13-9(5-12)14-15-10/h2-4H,5,12H2,1H3. The van der Waals surface area contributed by atoms with Crippen molar-refractivity contribution < 1.29 is 4.52 Å². The Morgan fingerprint density at radius 2 is 2.27 bits per heavy atom. The lowest BCUT2D eigenvalue weighted by atomic mass is 10.1. The highest BCUT2D eigenvalue weighted by Gasteiger charge is 2.10. The molecule has 2 N–H and O–H groups in total. The molecule has 4 nitrogen and oxygen atoms in total. The molecule has 0 unspecified atom stereocenters. The van der Waals surface area contributed by atoms with Gasteiger partial charge in [0, 0.05) is 10.0 Å². The highest BCUT2D eigenvalue weighted by molar-refractivity contribution is 9.10. The molecular formula is C10H10BrN3O. The second-order valence-corrected chi connectivity index (χ2v) is 4.09. The Hall–Kier alpha value is -1.20. The van der Waals surface area contributed by atoms with E-state index in [0.29, 0.717) is 11.7 Å². The number of aromatic nitrogens is 2. The topological polar surface area (TPSA) is 64.9 Å². The normalized spacial score (nSPS) is 10.6. The smallest absolute Gasteiger partial charge is 0.258 e. The van der Waals surface area contributed by atoms with Gasteiger partial charge < -0.3 is 10.3 Å². The molecule has 0 bridgehead atoms. The van der Waals surface area contributed by atoms with Crippen LogP contribution in [0.25, 0.3) is 11.5 Å². The highest BCUT2D eigenvalue weighted by Crippen LogP contribution is 2.25. The molecule has 0 spiro atoms. The molecule has 78 valence electrons. The minimum Gasteiger partial charge on any atom is -0.334 e. The fraction of sp³-hybridized carbons (Fsp3) is 0.200. The van der Waals surface area contributed by atoms with Crippen LogP contribution < -0.4 is 5.73 Å². The monoisotopic (exact) mass is 267 g/mol. The number of nitrogens with two attached hydrogens (primary N) is 1. The Bertz CT molecular complexity index is 481. The lowest BCUT2D eigenvalue weighted by Gasteiger charge is -2.00. The van der Waals surface area contributed by atoms with Crippen molar-refractivity contribution >= 4 is 15.9 Å². The van der Waals surface area contributed by atoms with E-state index in [9.17, 15) is 0 Å². The molecule has 1 aromatic carbocycles. The summed E-state index contributed by atoms with van der Waals surface area (Å²) < 4.78 is 6.10. The van der Waals surface area contributed by atoms with Gasteiger partial charge in [-0.15, -0.1) is 0 Å². The number of benzene rings is 1. The minimum atomic E-state index is 0.288. The van der Waals surface area contributed by atoms with Gasteiger partial charge in [0.15, 0.2) is 5.82 Å². The average molecular weight is 268 g/mol. The summed E-state index contributed by atoms with van der Waals surface area (Å²) in [7, 11) is 0. The summed E-state index contributed by atoms with van der Waals surface area (Å²) in [5.41, 5.74) is 7.43. The molecule has 15 heavy (non-hydrogen) atoms. The van der Waals surface area contributed by atoms with Gasteiger partial charge in [0.05, 0.1) is 6.54 Å². The van der Waals surface area contributed by atoms with E-state index in [4.69, 9.17) is 10.3 Å². The summed E-state index contributed by atoms with van der Waals surface area (Å²) in [5.74, 6) is 1.03. The van der Waals surface area contributed by atoms with E-state index < -0.39 is 0 Å². The molecule has 1 heterocycles. The SMILES string of the molecule is Cc1ccc(Br)cc1-c1nc(CN)no1. The number of rotatable bonds is 2. The Morgan fingerprint density at radius 1 is 1.47 bits per heavy atom. The average Bonchev–Trinajstić information content (AvgIpc) is 2.70. The van der Waals surface area contributed by atoms with Crippen molar-refractivity contribution in [1.29, 1.82) is 0 Å². The predicted octanol–water partition coefficient (Wildman–Crippen LogP) is 2.27. The van der Waals surface area contributed by atoms with Gasteiger partial charge in [-0.2, -0.15) is 4.98 Å². The fourth-order valence-corrected chi connectivity index (χ4v) is 1.63. The number of hydrogen-bond donors (Lipinski definition) is 1. The van der Waals surface area contributed by atoms with Gasteiger partial charge in [-0.1, -0.05) is 27.2 Å².